The highest BCUT2D eigenvalue weighted by Crippen LogP contribution is 2.17. The summed E-state index contributed by atoms with van der Waals surface area (Å²) in [6.07, 6.45) is 0.0801. The van der Waals surface area contributed by atoms with Crippen LogP contribution in [0.15, 0.2) is 54.6 Å². The van der Waals surface area contributed by atoms with Crippen molar-refractivity contribution in [2.24, 2.45) is 0 Å². The number of hydrogen-bond acceptors (Lipinski definition) is 3. The van der Waals surface area contributed by atoms with E-state index in [1.165, 1.54) is 4.90 Å². The lowest BCUT2D eigenvalue weighted by Gasteiger charge is -2.16. The van der Waals surface area contributed by atoms with Crippen molar-refractivity contribution in [1.82, 2.24) is 0 Å². The van der Waals surface area contributed by atoms with Gasteiger partial charge in [0.1, 0.15) is 5.75 Å². The minimum absolute atomic E-state index is 0.0801. The molecule has 0 fully saturated rings. The monoisotopic (exact) mass is 312 g/mol. The van der Waals surface area contributed by atoms with Gasteiger partial charge < -0.3 is 15.0 Å². The zero-order valence-corrected chi connectivity index (χ0v) is 13.4. The highest BCUT2D eigenvalue weighted by Gasteiger charge is 2.19. The Balaban J connectivity index is 1.99. The number of hydrogen-bond donors (Lipinski definition) is 1. The van der Waals surface area contributed by atoms with Crippen LogP contribution < -0.4 is 15.0 Å². The number of anilines is 2. The van der Waals surface area contributed by atoms with E-state index in [1.54, 1.807) is 43.4 Å². The molecule has 120 valence electrons. The highest BCUT2D eigenvalue weighted by molar-refractivity contribution is 6.44. The number of likely N-dealkylation sites (N-methyl/N-ethyl adjacent to an activating group) is 1. The Kier molecular flexibility index (Phi) is 5.36. The van der Waals surface area contributed by atoms with Crippen molar-refractivity contribution in [1.29, 1.82) is 0 Å². The van der Waals surface area contributed by atoms with E-state index in [2.05, 4.69) is 5.32 Å². The minimum atomic E-state index is -0.686. The molecule has 5 nitrogen and oxygen atoms in total. The molecule has 5 heteroatoms. The van der Waals surface area contributed by atoms with Crippen LogP contribution in [0, 0.1) is 0 Å². The van der Waals surface area contributed by atoms with Crippen molar-refractivity contribution >= 4 is 23.2 Å². The largest absolute Gasteiger partial charge is 0.491 e. The predicted octanol–water partition coefficient (Wildman–Crippen LogP) is 3.08. The van der Waals surface area contributed by atoms with Crippen molar-refractivity contribution in [3.63, 3.8) is 0 Å². The van der Waals surface area contributed by atoms with Crippen molar-refractivity contribution in [3.05, 3.63) is 54.6 Å². The normalized spacial score (nSPS) is 10.3. The fraction of sp³-hybridized carbons (Fsp3) is 0.222. The fourth-order valence-corrected chi connectivity index (χ4v) is 1.99. The SMILES string of the molecule is CC(C)Oc1ccc(NC(=O)C(=O)N(C)c2ccccc2)cc1. The molecule has 0 saturated carbocycles. The molecule has 1 N–H and O–H groups in total. The van der Waals surface area contributed by atoms with Gasteiger partial charge in [0.05, 0.1) is 6.10 Å². The topological polar surface area (TPSA) is 58.6 Å². The molecule has 0 spiro atoms. The smallest absolute Gasteiger partial charge is 0.316 e. The zero-order valence-electron chi connectivity index (χ0n) is 13.4. The number of nitrogens with zero attached hydrogens (tertiary/aromatic N) is 1. The van der Waals surface area contributed by atoms with Crippen molar-refractivity contribution < 1.29 is 14.3 Å². The highest BCUT2D eigenvalue weighted by atomic mass is 16.5. The van der Waals surface area contributed by atoms with Crippen LogP contribution in [0.25, 0.3) is 0 Å². The Bertz CT molecular complexity index is 666. The van der Waals surface area contributed by atoms with Gasteiger partial charge in [0, 0.05) is 18.4 Å². The summed E-state index contributed by atoms with van der Waals surface area (Å²) in [5, 5.41) is 2.59. The number of nitrogens with one attached hydrogen (secondary N) is 1. The quantitative estimate of drug-likeness (QED) is 0.883. The fourth-order valence-electron chi connectivity index (χ4n) is 1.99. The van der Waals surface area contributed by atoms with Gasteiger partial charge in [-0.05, 0) is 50.2 Å². The molecule has 2 rings (SSSR count). The van der Waals surface area contributed by atoms with E-state index in [0.717, 1.165) is 0 Å². The standard InChI is InChI=1S/C18H20N2O3/c1-13(2)23-16-11-9-14(10-12-16)19-17(21)18(22)20(3)15-7-5-4-6-8-15/h4-13H,1-3H3,(H,19,21). The van der Waals surface area contributed by atoms with E-state index in [-0.39, 0.29) is 6.10 Å². The Hall–Kier alpha value is -2.82. The average Bonchev–Trinajstić information content (AvgIpc) is 2.55. The average molecular weight is 312 g/mol. The molecular formula is C18H20N2O3. The van der Waals surface area contributed by atoms with Crippen LogP contribution in [0.2, 0.25) is 0 Å². The van der Waals surface area contributed by atoms with Crippen LogP contribution >= 0.6 is 0 Å². The molecule has 23 heavy (non-hydrogen) atoms. The third-order valence-electron chi connectivity index (χ3n) is 3.13. The first kappa shape index (κ1) is 16.5. The lowest BCUT2D eigenvalue weighted by Crippen LogP contribution is -2.37. The Morgan fingerprint density at radius 3 is 2.17 bits per heavy atom. The number of ether oxygens (including phenoxy) is 1. The Morgan fingerprint density at radius 1 is 1.00 bits per heavy atom. The van der Waals surface area contributed by atoms with Crippen LogP contribution in [0.4, 0.5) is 11.4 Å². The molecule has 0 aliphatic carbocycles. The number of rotatable bonds is 4. The van der Waals surface area contributed by atoms with E-state index in [0.29, 0.717) is 17.1 Å². The maximum absolute atomic E-state index is 12.1. The van der Waals surface area contributed by atoms with Gasteiger partial charge in [0.15, 0.2) is 0 Å². The first-order valence-electron chi connectivity index (χ1n) is 7.38. The maximum atomic E-state index is 12.1. The summed E-state index contributed by atoms with van der Waals surface area (Å²) in [6.45, 7) is 3.88. The van der Waals surface area contributed by atoms with E-state index >= 15 is 0 Å². The van der Waals surface area contributed by atoms with Crippen LogP contribution in [-0.2, 0) is 9.59 Å². The lowest BCUT2D eigenvalue weighted by molar-refractivity contribution is -0.134. The molecule has 0 aromatic heterocycles. The van der Waals surface area contributed by atoms with Crippen LogP contribution in [0.3, 0.4) is 0 Å². The van der Waals surface area contributed by atoms with Gasteiger partial charge >= 0.3 is 11.8 Å². The van der Waals surface area contributed by atoms with Gasteiger partial charge in [0.25, 0.3) is 0 Å². The summed E-state index contributed by atoms with van der Waals surface area (Å²) >= 11 is 0. The molecule has 0 radical (unpaired) electrons. The van der Waals surface area contributed by atoms with Crippen molar-refractivity contribution in [2.45, 2.75) is 20.0 Å². The predicted molar refractivity (Wildman–Crippen MR) is 90.7 cm³/mol. The molecule has 0 atom stereocenters. The molecular weight excluding hydrogens is 292 g/mol. The Labute approximate surface area is 135 Å². The summed E-state index contributed by atoms with van der Waals surface area (Å²) in [5.74, 6) is -0.599. The number of carbonyl (C=O) groups excluding carboxylic acids is 2. The van der Waals surface area contributed by atoms with Gasteiger partial charge in [0.2, 0.25) is 0 Å². The minimum Gasteiger partial charge on any atom is -0.491 e. The molecule has 2 amide bonds. The first-order chi connectivity index (χ1) is 11.0. The van der Waals surface area contributed by atoms with Crippen LogP contribution in [0.5, 0.6) is 5.75 Å². The van der Waals surface area contributed by atoms with Crippen molar-refractivity contribution in [2.75, 3.05) is 17.3 Å². The van der Waals surface area contributed by atoms with Gasteiger partial charge in [-0.2, -0.15) is 0 Å². The molecule has 0 bridgehead atoms. The van der Waals surface area contributed by atoms with E-state index in [4.69, 9.17) is 4.74 Å². The van der Waals surface area contributed by atoms with E-state index in [1.807, 2.05) is 32.0 Å². The second-order valence-electron chi connectivity index (χ2n) is 5.34. The van der Waals surface area contributed by atoms with Crippen LogP contribution in [-0.4, -0.2) is 25.0 Å². The number of para-hydroxylation sites is 1. The summed E-state index contributed by atoms with van der Waals surface area (Å²) < 4.78 is 5.53. The molecule has 2 aromatic rings. The molecule has 0 saturated heterocycles. The lowest BCUT2D eigenvalue weighted by atomic mass is 10.2. The van der Waals surface area contributed by atoms with Gasteiger partial charge in [-0.25, -0.2) is 0 Å². The number of carbonyl (C=O) groups is 2. The molecule has 0 heterocycles. The molecule has 0 unspecified atom stereocenters. The molecule has 2 aromatic carbocycles. The van der Waals surface area contributed by atoms with Gasteiger partial charge in [-0.1, -0.05) is 18.2 Å². The summed E-state index contributed by atoms with van der Waals surface area (Å²) in [5.41, 5.74) is 1.20. The van der Waals surface area contributed by atoms with Gasteiger partial charge in [-0.15, -0.1) is 0 Å². The summed E-state index contributed by atoms with van der Waals surface area (Å²) in [4.78, 5) is 25.5. The second-order valence-corrected chi connectivity index (χ2v) is 5.34. The zero-order chi connectivity index (χ0) is 16.8. The molecule has 0 aliphatic rings. The number of amides is 2. The number of benzene rings is 2. The van der Waals surface area contributed by atoms with Crippen LogP contribution in [0.1, 0.15) is 13.8 Å². The third-order valence-corrected chi connectivity index (χ3v) is 3.13. The second kappa shape index (κ2) is 7.45. The van der Waals surface area contributed by atoms with E-state index in [9.17, 15) is 9.59 Å². The Morgan fingerprint density at radius 2 is 1.61 bits per heavy atom. The maximum Gasteiger partial charge on any atom is 0.316 e. The summed E-state index contributed by atoms with van der Waals surface area (Å²) in [7, 11) is 1.57. The molecule has 0 aliphatic heterocycles. The first-order valence-corrected chi connectivity index (χ1v) is 7.38. The van der Waals surface area contributed by atoms with Gasteiger partial charge in [-0.3, -0.25) is 9.59 Å². The van der Waals surface area contributed by atoms with E-state index < -0.39 is 11.8 Å². The third kappa shape index (κ3) is 4.57. The van der Waals surface area contributed by atoms with Crippen molar-refractivity contribution in [3.8, 4) is 5.75 Å². The summed E-state index contributed by atoms with van der Waals surface area (Å²) in [6, 6.07) is 15.9.